The molecule has 0 amide bonds. The Kier molecular flexibility index (Phi) is 4.86. The van der Waals surface area contributed by atoms with Gasteiger partial charge in [-0.1, -0.05) is 18.2 Å². The summed E-state index contributed by atoms with van der Waals surface area (Å²) < 4.78 is 47.3. The van der Waals surface area contributed by atoms with Gasteiger partial charge < -0.3 is 9.84 Å². The van der Waals surface area contributed by atoms with Gasteiger partial charge in [0.15, 0.2) is 11.4 Å². The number of alkyl halides is 3. The Balaban J connectivity index is 2.20. The summed E-state index contributed by atoms with van der Waals surface area (Å²) in [4.78, 5) is 4.39. The molecule has 0 aliphatic rings. The monoisotopic (exact) mass is 365 g/mol. The second-order valence-corrected chi connectivity index (χ2v) is 5.88. The number of aryl methyl sites for hydroxylation is 2. The van der Waals surface area contributed by atoms with Crippen LogP contribution in [0.1, 0.15) is 23.4 Å². The lowest BCUT2D eigenvalue weighted by Gasteiger charge is -2.14. The lowest BCUT2D eigenvalue weighted by atomic mass is 10.0. The van der Waals surface area contributed by atoms with E-state index in [-0.39, 0.29) is 24.5 Å². The lowest BCUT2D eigenvalue weighted by Crippen LogP contribution is -2.09. The van der Waals surface area contributed by atoms with E-state index >= 15 is 0 Å². The number of halogens is 3. The number of imidazole rings is 1. The van der Waals surface area contributed by atoms with Gasteiger partial charge >= 0.3 is 6.18 Å². The van der Waals surface area contributed by atoms with Crippen molar-refractivity contribution in [3.05, 3.63) is 47.3 Å². The Morgan fingerprint density at radius 2 is 1.92 bits per heavy atom. The van der Waals surface area contributed by atoms with Crippen LogP contribution in [-0.2, 0) is 6.18 Å². The van der Waals surface area contributed by atoms with Crippen LogP contribution in [0.25, 0.3) is 16.9 Å². The topological polar surface area (TPSA) is 59.7 Å². The highest BCUT2D eigenvalue weighted by Gasteiger charge is 2.34. The normalized spacial score (nSPS) is 11.9. The van der Waals surface area contributed by atoms with Crippen LogP contribution in [0.2, 0.25) is 0 Å². The maximum Gasteiger partial charge on any atom is 0.417 e. The van der Waals surface area contributed by atoms with Gasteiger partial charge in [0.2, 0.25) is 0 Å². The van der Waals surface area contributed by atoms with Crippen LogP contribution in [0.15, 0.2) is 30.3 Å². The van der Waals surface area contributed by atoms with Crippen molar-refractivity contribution in [1.29, 1.82) is 0 Å². The minimum Gasteiger partial charge on any atom is -0.489 e. The van der Waals surface area contributed by atoms with Crippen LogP contribution in [0.5, 0.6) is 5.75 Å². The van der Waals surface area contributed by atoms with Gasteiger partial charge in [-0.25, -0.2) is 9.50 Å². The Morgan fingerprint density at radius 1 is 1.19 bits per heavy atom. The lowest BCUT2D eigenvalue weighted by molar-refractivity contribution is -0.137. The molecule has 0 spiro atoms. The number of rotatable bonds is 5. The van der Waals surface area contributed by atoms with E-state index in [0.717, 1.165) is 11.8 Å². The molecule has 0 unspecified atom stereocenters. The van der Waals surface area contributed by atoms with E-state index in [0.29, 0.717) is 23.5 Å². The summed E-state index contributed by atoms with van der Waals surface area (Å²) in [7, 11) is 0. The quantitative estimate of drug-likeness (QED) is 0.699. The van der Waals surface area contributed by atoms with Crippen LogP contribution in [0, 0.1) is 13.8 Å². The highest BCUT2D eigenvalue weighted by molar-refractivity contribution is 5.69. The van der Waals surface area contributed by atoms with Crippen molar-refractivity contribution in [3.8, 4) is 17.0 Å². The van der Waals surface area contributed by atoms with E-state index in [1.54, 1.807) is 13.8 Å². The maximum atomic E-state index is 13.4. The van der Waals surface area contributed by atoms with Crippen molar-refractivity contribution in [1.82, 2.24) is 14.6 Å². The molecule has 3 aromatic rings. The van der Waals surface area contributed by atoms with Crippen molar-refractivity contribution in [3.63, 3.8) is 0 Å². The number of aliphatic hydroxyl groups is 1. The van der Waals surface area contributed by atoms with Gasteiger partial charge in [-0.05, 0) is 19.9 Å². The molecule has 26 heavy (non-hydrogen) atoms. The predicted molar refractivity (Wildman–Crippen MR) is 90.1 cm³/mol. The zero-order chi connectivity index (χ0) is 18.9. The Bertz CT molecular complexity index is 935. The van der Waals surface area contributed by atoms with Gasteiger partial charge in [-0.15, -0.1) is 0 Å². The number of benzene rings is 1. The molecule has 0 bridgehead atoms. The fourth-order valence-electron chi connectivity index (χ4n) is 2.64. The molecule has 0 radical (unpaired) electrons. The van der Waals surface area contributed by atoms with E-state index in [9.17, 15) is 13.2 Å². The predicted octanol–water partition coefficient (Wildman–Crippen LogP) is 3.79. The van der Waals surface area contributed by atoms with Crippen LogP contribution >= 0.6 is 0 Å². The summed E-state index contributed by atoms with van der Waals surface area (Å²) >= 11 is 0. The molecule has 0 saturated carbocycles. The van der Waals surface area contributed by atoms with E-state index < -0.39 is 11.7 Å². The summed E-state index contributed by atoms with van der Waals surface area (Å²) in [6.07, 6.45) is -4.09. The van der Waals surface area contributed by atoms with Crippen molar-refractivity contribution in [2.24, 2.45) is 0 Å². The molecule has 1 aromatic carbocycles. The van der Waals surface area contributed by atoms with E-state index in [2.05, 4.69) is 10.1 Å². The largest absolute Gasteiger partial charge is 0.489 e. The fraction of sp³-hybridized carbons (Fsp3) is 0.333. The van der Waals surface area contributed by atoms with Gasteiger partial charge in [-0.2, -0.15) is 18.3 Å². The highest BCUT2D eigenvalue weighted by atomic mass is 19.4. The molecule has 3 rings (SSSR count). The summed E-state index contributed by atoms with van der Waals surface area (Å²) in [5, 5.41) is 13.3. The first-order valence-electron chi connectivity index (χ1n) is 8.10. The zero-order valence-corrected chi connectivity index (χ0v) is 14.3. The second kappa shape index (κ2) is 6.95. The Morgan fingerprint density at radius 3 is 2.62 bits per heavy atom. The van der Waals surface area contributed by atoms with Gasteiger partial charge in [-0.3, -0.25) is 0 Å². The van der Waals surface area contributed by atoms with Crippen molar-refractivity contribution in [2.45, 2.75) is 26.4 Å². The summed E-state index contributed by atoms with van der Waals surface area (Å²) in [5.41, 5.74) is 1.22. The molecule has 0 aliphatic heterocycles. The molecule has 2 aromatic heterocycles. The van der Waals surface area contributed by atoms with Crippen molar-refractivity contribution < 1.29 is 23.0 Å². The molecule has 1 N–H and O–H groups in total. The molecule has 0 saturated heterocycles. The number of hydrogen-bond donors (Lipinski definition) is 1. The van der Waals surface area contributed by atoms with Gasteiger partial charge in [0.05, 0.1) is 29.3 Å². The molecule has 0 atom stereocenters. The minimum atomic E-state index is -4.50. The number of hydrogen-bond acceptors (Lipinski definition) is 4. The number of fused-ring (bicyclic) bond motifs is 1. The Labute approximate surface area is 148 Å². The van der Waals surface area contributed by atoms with Gasteiger partial charge in [0.1, 0.15) is 0 Å². The zero-order valence-electron chi connectivity index (χ0n) is 14.3. The van der Waals surface area contributed by atoms with E-state index in [1.165, 1.54) is 28.8 Å². The number of aromatic nitrogens is 3. The van der Waals surface area contributed by atoms with Crippen molar-refractivity contribution >= 4 is 5.65 Å². The van der Waals surface area contributed by atoms with Gasteiger partial charge in [0.25, 0.3) is 0 Å². The highest BCUT2D eigenvalue weighted by Crippen LogP contribution is 2.37. The smallest absolute Gasteiger partial charge is 0.417 e. The standard InChI is InChI=1S/C18H18F3N3O2/c1-11-12(2)24-17(22-11)16(26-9-5-8-25)10-15(23-24)13-6-3-4-7-14(13)18(19,20)21/h3-4,6-7,10,25H,5,8-9H2,1-2H3. The minimum absolute atomic E-state index is 0.0281. The SMILES string of the molecule is Cc1nc2c(OCCCO)cc(-c3ccccc3C(F)(F)F)nn2c1C. The first-order chi connectivity index (χ1) is 12.3. The summed E-state index contributed by atoms with van der Waals surface area (Å²) in [6, 6.07) is 6.75. The van der Waals surface area contributed by atoms with Crippen LogP contribution in [0.4, 0.5) is 13.2 Å². The maximum absolute atomic E-state index is 13.4. The summed E-state index contributed by atoms with van der Waals surface area (Å²) in [5.74, 6) is 0.330. The summed E-state index contributed by atoms with van der Waals surface area (Å²) in [6.45, 7) is 3.77. The van der Waals surface area contributed by atoms with E-state index in [1.807, 2.05) is 0 Å². The molecule has 0 aliphatic carbocycles. The molecule has 0 fully saturated rings. The van der Waals surface area contributed by atoms with Crippen LogP contribution < -0.4 is 4.74 Å². The average Bonchev–Trinajstić information content (AvgIpc) is 2.89. The third-order valence-electron chi connectivity index (χ3n) is 4.08. The fourth-order valence-corrected chi connectivity index (χ4v) is 2.64. The number of nitrogens with zero attached hydrogens (tertiary/aromatic N) is 3. The van der Waals surface area contributed by atoms with Crippen molar-refractivity contribution in [2.75, 3.05) is 13.2 Å². The first kappa shape index (κ1) is 18.2. The molecule has 8 heteroatoms. The average molecular weight is 365 g/mol. The number of aliphatic hydroxyl groups excluding tert-OH is 1. The molecule has 2 heterocycles. The van der Waals surface area contributed by atoms with Crippen LogP contribution in [0.3, 0.4) is 0 Å². The van der Waals surface area contributed by atoms with Gasteiger partial charge in [0, 0.05) is 24.7 Å². The third kappa shape index (κ3) is 3.37. The molecule has 5 nitrogen and oxygen atoms in total. The Hall–Kier alpha value is -2.61. The number of ether oxygens (including phenoxy) is 1. The third-order valence-corrected chi connectivity index (χ3v) is 4.08. The first-order valence-corrected chi connectivity index (χ1v) is 8.10. The second-order valence-electron chi connectivity index (χ2n) is 5.88. The van der Waals surface area contributed by atoms with Crippen LogP contribution in [-0.4, -0.2) is 32.9 Å². The molecule has 138 valence electrons. The van der Waals surface area contributed by atoms with E-state index in [4.69, 9.17) is 9.84 Å². The molecular weight excluding hydrogens is 347 g/mol. The molecular formula is C18H18F3N3O2.